The molecule has 0 spiro atoms. The Kier molecular flexibility index (Phi) is 4.52. The Labute approximate surface area is 123 Å². The minimum absolute atomic E-state index is 0.352. The minimum atomic E-state index is 0.352. The second kappa shape index (κ2) is 6.15. The van der Waals surface area contributed by atoms with Crippen molar-refractivity contribution in [1.29, 1.82) is 0 Å². The largest absolute Gasteiger partial charge is 0.378 e. The number of benzene rings is 1. The van der Waals surface area contributed by atoms with Crippen molar-refractivity contribution in [3.8, 4) is 0 Å². The Morgan fingerprint density at radius 3 is 2.50 bits per heavy atom. The molecule has 1 aromatic carbocycles. The highest BCUT2D eigenvalue weighted by Crippen LogP contribution is 2.31. The minimum Gasteiger partial charge on any atom is -0.378 e. The lowest BCUT2D eigenvalue weighted by Gasteiger charge is -2.17. The molecule has 0 amide bonds. The second-order valence-corrected chi connectivity index (χ2v) is 5.77. The maximum absolute atomic E-state index is 11.1. The van der Waals surface area contributed by atoms with Crippen molar-refractivity contribution in [1.82, 2.24) is 4.98 Å². The fourth-order valence-electron chi connectivity index (χ4n) is 2.08. The number of ether oxygens (including phenoxy) is 1. The highest BCUT2D eigenvalue weighted by atomic mass is 32.1. The zero-order valence-electron chi connectivity index (χ0n) is 12.1. The van der Waals surface area contributed by atoms with E-state index >= 15 is 0 Å². The highest BCUT2D eigenvalue weighted by molar-refractivity contribution is 7.17. The highest BCUT2D eigenvalue weighted by Gasteiger charge is 2.15. The molecule has 106 valence electrons. The number of aromatic nitrogens is 1. The van der Waals surface area contributed by atoms with Gasteiger partial charge in [0.15, 0.2) is 11.4 Å². The number of thiazole rings is 1. The molecule has 5 heteroatoms. The molecule has 2 rings (SSSR count). The topological polar surface area (TPSA) is 42.4 Å². The first-order valence-electron chi connectivity index (χ1n) is 6.31. The van der Waals surface area contributed by atoms with Crippen LogP contribution in [0.4, 0.5) is 10.8 Å². The lowest BCUT2D eigenvalue weighted by molar-refractivity contribution is 0.112. The fraction of sp³-hybridized carbons (Fsp3) is 0.333. The number of hydrogen-bond acceptors (Lipinski definition) is 5. The number of aryl methyl sites for hydroxylation is 2. The molecule has 0 aliphatic rings. The third-order valence-corrected chi connectivity index (χ3v) is 4.08. The summed E-state index contributed by atoms with van der Waals surface area (Å²) in [6.45, 7) is 4.49. The lowest BCUT2D eigenvalue weighted by atomic mass is 10.1. The number of nitrogens with zero attached hydrogens (tertiary/aromatic N) is 2. The van der Waals surface area contributed by atoms with Crippen LogP contribution >= 0.6 is 11.3 Å². The van der Waals surface area contributed by atoms with Gasteiger partial charge in [-0.3, -0.25) is 4.79 Å². The van der Waals surface area contributed by atoms with Crippen molar-refractivity contribution in [2.75, 3.05) is 19.1 Å². The smallest absolute Gasteiger partial charge is 0.190 e. The van der Waals surface area contributed by atoms with Crippen molar-refractivity contribution in [3.05, 3.63) is 39.9 Å². The van der Waals surface area contributed by atoms with Crippen LogP contribution in [-0.4, -0.2) is 25.4 Å². The average molecular weight is 290 g/mol. The van der Waals surface area contributed by atoms with E-state index in [1.165, 1.54) is 22.5 Å². The number of anilines is 2. The second-order valence-electron chi connectivity index (χ2n) is 4.76. The van der Waals surface area contributed by atoms with Gasteiger partial charge in [0, 0.05) is 19.8 Å². The van der Waals surface area contributed by atoms with E-state index in [1.54, 1.807) is 7.11 Å². The average Bonchev–Trinajstić information content (AvgIpc) is 2.80. The molecule has 0 unspecified atom stereocenters. The number of rotatable bonds is 5. The van der Waals surface area contributed by atoms with E-state index in [2.05, 4.69) is 37.0 Å². The molecular weight excluding hydrogens is 272 g/mol. The van der Waals surface area contributed by atoms with Crippen LogP contribution in [-0.2, 0) is 11.3 Å². The molecule has 0 bridgehead atoms. The normalized spacial score (nSPS) is 10.6. The molecular formula is C15H18N2O2S. The van der Waals surface area contributed by atoms with Crippen molar-refractivity contribution in [2.24, 2.45) is 0 Å². The summed E-state index contributed by atoms with van der Waals surface area (Å²) in [5.74, 6) is 0. The molecule has 1 heterocycles. The molecule has 0 aliphatic carbocycles. The Morgan fingerprint density at radius 2 is 1.95 bits per heavy atom. The molecule has 0 saturated carbocycles. The Balaban J connectivity index is 2.37. The van der Waals surface area contributed by atoms with Crippen LogP contribution in [0.1, 0.15) is 26.5 Å². The Hall–Kier alpha value is -1.72. The van der Waals surface area contributed by atoms with Crippen molar-refractivity contribution >= 4 is 28.4 Å². The van der Waals surface area contributed by atoms with Crippen molar-refractivity contribution < 1.29 is 9.53 Å². The molecule has 0 saturated heterocycles. The van der Waals surface area contributed by atoms with E-state index in [-0.39, 0.29) is 0 Å². The fourth-order valence-corrected chi connectivity index (χ4v) is 2.95. The predicted molar refractivity (Wildman–Crippen MR) is 82.2 cm³/mol. The molecule has 2 aromatic rings. The molecule has 0 N–H and O–H groups in total. The summed E-state index contributed by atoms with van der Waals surface area (Å²) in [7, 11) is 3.56. The van der Waals surface area contributed by atoms with Gasteiger partial charge in [-0.2, -0.15) is 0 Å². The van der Waals surface area contributed by atoms with Gasteiger partial charge in [-0.1, -0.05) is 17.4 Å². The number of carbonyl (C=O) groups excluding carboxylic acids is 1. The van der Waals surface area contributed by atoms with Crippen LogP contribution in [0.25, 0.3) is 0 Å². The monoisotopic (exact) mass is 290 g/mol. The quantitative estimate of drug-likeness (QED) is 0.791. The van der Waals surface area contributed by atoms with E-state index in [9.17, 15) is 4.79 Å². The summed E-state index contributed by atoms with van der Waals surface area (Å²) in [4.78, 5) is 18.2. The van der Waals surface area contributed by atoms with Gasteiger partial charge in [0.05, 0.1) is 17.2 Å². The number of methoxy groups -OCH3 is 1. The van der Waals surface area contributed by atoms with Crippen LogP contribution in [0.2, 0.25) is 0 Å². The van der Waals surface area contributed by atoms with Crippen molar-refractivity contribution in [2.45, 2.75) is 20.5 Å². The van der Waals surface area contributed by atoms with Gasteiger partial charge in [0.1, 0.15) is 0 Å². The zero-order chi connectivity index (χ0) is 14.7. The summed E-state index contributed by atoms with van der Waals surface area (Å²) in [6, 6.07) is 6.34. The first kappa shape index (κ1) is 14.7. The number of hydrogen-bond donors (Lipinski definition) is 0. The summed E-state index contributed by atoms with van der Waals surface area (Å²) in [6.07, 6.45) is 0.838. The molecule has 1 aromatic heterocycles. The van der Waals surface area contributed by atoms with Gasteiger partial charge in [-0.15, -0.1) is 0 Å². The standard InChI is InChI=1S/C15H18N2O2S/c1-10-5-11(2)7-12(6-10)17(3)15-16-13(9-19-4)14(8-18)20-15/h5-8H,9H2,1-4H3. The SMILES string of the molecule is COCc1nc(N(C)c2cc(C)cc(C)c2)sc1C=O. The summed E-state index contributed by atoms with van der Waals surface area (Å²) in [5.41, 5.74) is 4.17. The lowest BCUT2D eigenvalue weighted by Crippen LogP contribution is -2.09. The molecule has 0 radical (unpaired) electrons. The maximum atomic E-state index is 11.1. The van der Waals surface area contributed by atoms with E-state index in [1.807, 2.05) is 11.9 Å². The Morgan fingerprint density at radius 1 is 1.30 bits per heavy atom. The molecule has 20 heavy (non-hydrogen) atoms. The first-order valence-corrected chi connectivity index (χ1v) is 7.12. The summed E-state index contributed by atoms with van der Waals surface area (Å²) in [5, 5.41) is 0.796. The predicted octanol–water partition coefficient (Wildman–Crippen LogP) is 3.49. The van der Waals surface area contributed by atoms with E-state index < -0.39 is 0 Å². The molecule has 0 fully saturated rings. The van der Waals surface area contributed by atoms with E-state index in [0.717, 1.165) is 17.1 Å². The number of aldehydes is 1. The summed E-state index contributed by atoms with van der Waals surface area (Å²) < 4.78 is 5.07. The van der Waals surface area contributed by atoms with Crippen LogP contribution in [0, 0.1) is 13.8 Å². The van der Waals surface area contributed by atoms with Crippen LogP contribution in [0.15, 0.2) is 18.2 Å². The van der Waals surface area contributed by atoms with Gasteiger partial charge in [0.25, 0.3) is 0 Å². The van der Waals surface area contributed by atoms with Crippen molar-refractivity contribution in [3.63, 3.8) is 0 Å². The first-order chi connectivity index (χ1) is 9.55. The molecule has 0 atom stereocenters. The molecule has 0 aliphatic heterocycles. The van der Waals surface area contributed by atoms with E-state index in [0.29, 0.717) is 17.2 Å². The zero-order valence-corrected chi connectivity index (χ0v) is 13.0. The van der Waals surface area contributed by atoms with Crippen LogP contribution in [0.3, 0.4) is 0 Å². The van der Waals surface area contributed by atoms with Gasteiger partial charge < -0.3 is 9.64 Å². The van der Waals surface area contributed by atoms with E-state index in [4.69, 9.17) is 4.74 Å². The van der Waals surface area contributed by atoms with Gasteiger partial charge in [0.2, 0.25) is 0 Å². The van der Waals surface area contributed by atoms with Gasteiger partial charge in [-0.25, -0.2) is 4.98 Å². The molecule has 4 nitrogen and oxygen atoms in total. The van der Waals surface area contributed by atoms with Gasteiger partial charge in [-0.05, 0) is 37.1 Å². The van der Waals surface area contributed by atoms with Crippen LogP contribution < -0.4 is 4.90 Å². The third kappa shape index (κ3) is 3.05. The summed E-state index contributed by atoms with van der Waals surface area (Å²) >= 11 is 1.38. The Bertz CT molecular complexity index is 602. The van der Waals surface area contributed by atoms with Crippen LogP contribution in [0.5, 0.6) is 0 Å². The number of carbonyl (C=O) groups is 1. The van der Waals surface area contributed by atoms with Gasteiger partial charge >= 0.3 is 0 Å². The third-order valence-electron chi connectivity index (χ3n) is 2.99. The maximum Gasteiger partial charge on any atom is 0.190 e.